The van der Waals surface area contributed by atoms with Crippen LogP contribution in [0.3, 0.4) is 0 Å². The molecule has 1 aliphatic carbocycles. The van der Waals surface area contributed by atoms with Gasteiger partial charge in [-0.05, 0) is 92.1 Å². The van der Waals surface area contributed by atoms with Gasteiger partial charge < -0.3 is 0 Å². The van der Waals surface area contributed by atoms with Gasteiger partial charge in [-0.15, -0.1) is 0 Å². The fraction of sp³-hybridized carbons (Fsp3) is 0.444. The number of benzene rings is 2. The summed E-state index contributed by atoms with van der Waals surface area (Å²) in [5, 5.41) is 2.22. The van der Waals surface area contributed by atoms with Gasteiger partial charge in [0.2, 0.25) is 0 Å². The first kappa shape index (κ1) is 22.4. The average molecular weight is 420 g/mol. The monoisotopic (exact) mass is 419 g/mol. The summed E-state index contributed by atoms with van der Waals surface area (Å²) >= 11 is 4.57. The first-order valence-electron chi connectivity index (χ1n) is 11.1. The van der Waals surface area contributed by atoms with Crippen LogP contribution >= 0.6 is 12.2 Å². The molecule has 30 heavy (non-hydrogen) atoms. The van der Waals surface area contributed by atoms with Gasteiger partial charge in [0.05, 0.1) is 5.16 Å². The molecule has 0 spiro atoms. The number of aryl methyl sites for hydroxylation is 1. The second-order valence-electron chi connectivity index (χ2n) is 8.41. The van der Waals surface area contributed by atoms with Crippen LogP contribution in [0.15, 0.2) is 41.4 Å². The Balaban J connectivity index is 1.61. The van der Waals surface area contributed by atoms with Crippen LogP contribution in [0.5, 0.6) is 0 Å². The van der Waals surface area contributed by atoms with Crippen LogP contribution in [-0.4, -0.2) is 5.16 Å². The molecule has 0 radical (unpaired) electrons. The van der Waals surface area contributed by atoms with Gasteiger partial charge in [-0.25, -0.2) is 4.39 Å². The van der Waals surface area contributed by atoms with Gasteiger partial charge in [0.15, 0.2) is 5.82 Å². The Hall–Kier alpha value is -2.27. The molecule has 0 saturated heterocycles. The molecule has 1 fully saturated rings. The molecule has 0 bridgehead atoms. The fourth-order valence-corrected chi connectivity index (χ4v) is 4.54. The van der Waals surface area contributed by atoms with Crippen molar-refractivity contribution < 1.29 is 4.39 Å². The minimum atomic E-state index is -0.419. The number of hydrogen-bond donors (Lipinski definition) is 0. The Kier molecular flexibility index (Phi) is 8.38. The first-order chi connectivity index (χ1) is 14.6. The number of isothiocyanates is 1. The van der Waals surface area contributed by atoms with Crippen LogP contribution in [0.4, 0.5) is 10.1 Å². The third-order valence-electron chi connectivity index (χ3n) is 6.21. The van der Waals surface area contributed by atoms with Crippen molar-refractivity contribution in [3.63, 3.8) is 0 Å². The lowest BCUT2D eigenvalue weighted by Gasteiger charge is -2.29. The van der Waals surface area contributed by atoms with E-state index in [1.54, 1.807) is 6.92 Å². The van der Waals surface area contributed by atoms with Crippen LogP contribution in [0.25, 0.3) is 0 Å². The quantitative estimate of drug-likeness (QED) is 0.199. The van der Waals surface area contributed by atoms with Crippen LogP contribution < -0.4 is 0 Å². The minimum Gasteiger partial charge on any atom is -0.205 e. The van der Waals surface area contributed by atoms with E-state index in [0.29, 0.717) is 17.0 Å². The second-order valence-corrected chi connectivity index (χ2v) is 8.59. The molecule has 0 N–H and O–H groups in total. The molecule has 1 saturated carbocycles. The molecular formula is C27H30FNS. The van der Waals surface area contributed by atoms with Gasteiger partial charge in [-0.1, -0.05) is 56.6 Å². The molecule has 0 aliphatic heterocycles. The lowest BCUT2D eigenvalue weighted by molar-refractivity contribution is 0.303. The molecule has 3 rings (SSSR count). The van der Waals surface area contributed by atoms with Crippen molar-refractivity contribution in [2.45, 2.75) is 71.1 Å². The summed E-state index contributed by atoms with van der Waals surface area (Å²) in [4.78, 5) is 3.78. The normalized spacial score (nSPS) is 18.2. The highest BCUT2D eigenvalue weighted by atomic mass is 32.1. The standard InChI is InChI=1S/C27H30FNS/c1-3-4-5-6-21-9-13-24(14-10-21)25-15-11-22(12-16-25)7-8-23-17-20(2)27(29-19-30)26(28)18-23/h11-12,15-18,21,24H,3-6,9-10,13-14H2,1-2H3. The van der Waals surface area contributed by atoms with Crippen molar-refractivity contribution in [2.75, 3.05) is 0 Å². The summed E-state index contributed by atoms with van der Waals surface area (Å²) in [6, 6.07) is 11.8. The zero-order valence-electron chi connectivity index (χ0n) is 18.0. The Morgan fingerprint density at radius 1 is 1.00 bits per heavy atom. The molecular weight excluding hydrogens is 389 g/mol. The van der Waals surface area contributed by atoms with E-state index in [4.69, 9.17) is 0 Å². The van der Waals surface area contributed by atoms with Crippen molar-refractivity contribution >= 4 is 23.1 Å². The number of thiocarbonyl (C=S) groups is 1. The van der Waals surface area contributed by atoms with Crippen LogP contribution in [-0.2, 0) is 0 Å². The molecule has 3 heteroatoms. The number of nitrogens with zero attached hydrogens (tertiary/aromatic N) is 1. The third kappa shape index (κ3) is 6.11. The summed E-state index contributed by atoms with van der Waals surface area (Å²) in [5.41, 5.74) is 3.96. The van der Waals surface area contributed by atoms with E-state index < -0.39 is 5.82 Å². The van der Waals surface area contributed by atoms with Crippen molar-refractivity contribution in [2.24, 2.45) is 10.9 Å². The maximum absolute atomic E-state index is 14.1. The van der Waals surface area contributed by atoms with Gasteiger partial charge in [-0.2, -0.15) is 4.99 Å². The first-order valence-corrected chi connectivity index (χ1v) is 11.5. The smallest absolute Gasteiger partial charge is 0.151 e. The molecule has 0 atom stereocenters. The molecule has 2 aromatic rings. The van der Waals surface area contributed by atoms with Crippen molar-refractivity contribution in [3.05, 3.63) is 64.5 Å². The highest BCUT2D eigenvalue weighted by Crippen LogP contribution is 2.37. The maximum atomic E-state index is 14.1. The SMILES string of the molecule is CCCCCC1CCC(c2ccc(C#Cc3cc(C)c(N=C=S)c(F)c3)cc2)CC1. The van der Waals surface area contributed by atoms with E-state index >= 15 is 0 Å². The van der Waals surface area contributed by atoms with Crippen molar-refractivity contribution in [1.82, 2.24) is 0 Å². The highest BCUT2D eigenvalue weighted by Gasteiger charge is 2.21. The molecule has 1 nitrogen and oxygen atoms in total. The topological polar surface area (TPSA) is 12.4 Å². The predicted molar refractivity (Wildman–Crippen MR) is 127 cm³/mol. The number of aliphatic imine (C=N–C) groups is 1. The van der Waals surface area contributed by atoms with Gasteiger partial charge in [0, 0.05) is 11.1 Å². The second kappa shape index (κ2) is 11.2. The molecule has 156 valence electrons. The predicted octanol–water partition coefficient (Wildman–Crippen LogP) is 8.12. The van der Waals surface area contributed by atoms with Gasteiger partial charge >= 0.3 is 0 Å². The Morgan fingerprint density at radius 3 is 2.33 bits per heavy atom. The summed E-state index contributed by atoms with van der Waals surface area (Å²) in [5.74, 6) is 7.41. The van der Waals surface area contributed by atoms with Gasteiger partial charge in [-0.3, -0.25) is 0 Å². The zero-order chi connectivity index (χ0) is 21.3. The Bertz CT molecular complexity index is 930. The number of hydrogen-bond acceptors (Lipinski definition) is 2. The van der Waals surface area contributed by atoms with E-state index in [2.05, 4.69) is 65.4 Å². The highest BCUT2D eigenvalue weighted by molar-refractivity contribution is 7.78. The lowest BCUT2D eigenvalue weighted by atomic mass is 9.77. The average Bonchev–Trinajstić information content (AvgIpc) is 2.76. The van der Waals surface area contributed by atoms with E-state index in [0.717, 1.165) is 11.5 Å². The van der Waals surface area contributed by atoms with Crippen LogP contribution in [0.2, 0.25) is 0 Å². The molecule has 2 aromatic carbocycles. The summed E-state index contributed by atoms with van der Waals surface area (Å²) in [6.45, 7) is 4.07. The minimum absolute atomic E-state index is 0.236. The molecule has 0 aromatic heterocycles. The molecule has 0 unspecified atom stereocenters. The Labute approximate surface area is 185 Å². The number of halogens is 1. The summed E-state index contributed by atoms with van der Waals surface area (Å²) in [7, 11) is 0. The van der Waals surface area contributed by atoms with Gasteiger partial charge in [0.25, 0.3) is 0 Å². The summed E-state index contributed by atoms with van der Waals surface area (Å²) in [6.07, 6.45) is 10.8. The maximum Gasteiger partial charge on any atom is 0.151 e. The number of unbranched alkanes of at least 4 members (excludes halogenated alkanes) is 2. The van der Waals surface area contributed by atoms with Crippen LogP contribution in [0, 0.1) is 30.5 Å². The molecule has 0 heterocycles. The van der Waals surface area contributed by atoms with Crippen LogP contribution in [0.1, 0.15) is 86.5 Å². The van der Waals surface area contributed by atoms with E-state index in [9.17, 15) is 4.39 Å². The lowest BCUT2D eigenvalue weighted by Crippen LogP contribution is -2.13. The van der Waals surface area contributed by atoms with E-state index in [1.165, 1.54) is 63.0 Å². The van der Waals surface area contributed by atoms with Crippen molar-refractivity contribution in [3.8, 4) is 11.8 Å². The van der Waals surface area contributed by atoms with E-state index in [1.807, 2.05) is 6.07 Å². The zero-order valence-corrected chi connectivity index (χ0v) is 18.8. The molecule has 0 amide bonds. The summed E-state index contributed by atoms with van der Waals surface area (Å²) < 4.78 is 14.1. The van der Waals surface area contributed by atoms with E-state index in [-0.39, 0.29) is 5.69 Å². The Morgan fingerprint density at radius 2 is 1.70 bits per heavy atom. The third-order valence-corrected chi connectivity index (χ3v) is 6.30. The molecule has 1 aliphatic rings. The number of rotatable bonds is 6. The largest absolute Gasteiger partial charge is 0.205 e. The fourth-order valence-electron chi connectivity index (χ4n) is 4.45. The van der Waals surface area contributed by atoms with Gasteiger partial charge in [0.1, 0.15) is 5.69 Å². The van der Waals surface area contributed by atoms with Crippen molar-refractivity contribution in [1.29, 1.82) is 0 Å².